The van der Waals surface area contributed by atoms with E-state index in [0.29, 0.717) is 12.8 Å². The Morgan fingerprint density at radius 2 is 1.56 bits per heavy atom. The fourth-order valence-electron chi connectivity index (χ4n) is 4.89. The first-order chi connectivity index (χ1) is 15.1. The molecule has 0 aromatic heterocycles. The van der Waals surface area contributed by atoms with Crippen LogP contribution in [-0.2, 0) is 42.9 Å². The van der Waals surface area contributed by atoms with Crippen molar-refractivity contribution < 1.29 is 53.1 Å². The summed E-state index contributed by atoms with van der Waals surface area (Å²) < 4.78 is 29.1. The first kappa shape index (κ1) is 24.4. The van der Waals surface area contributed by atoms with E-state index in [1.165, 1.54) is 13.8 Å². The van der Waals surface area contributed by atoms with Crippen LogP contribution < -0.4 is 0 Å². The second kappa shape index (κ2) is 10.1. The molecule has 180 valence electrons. The highest BCUT2D eigenvalue weighted by molar-refractivity contribution is 5.69. The SMILES string of the molecule is CC(=O)OC[C@@H](OC(C)=O)[C@@H]1O[C@@H](CC(=O)O)[C@@H](CC(=O)O)[C@H]2OC3(CCCCC3)O[C@H]21. The number of carboxylic acids is 2. The summed E-state index contributed by atoms with van der Waals surface area (Å²) >= 11 is 0. The Labute approximate surface area is 185 Å². The molecule has 0 aromatic carbocycles. The molecule has 0 bridgehead atoms. The number of rotatable bonds is 8. The van der Waals surface area contributed by atoms with E-state index in [4.69, 9.17) is 23.7 Å². The van der Waals surface area contributed by atoms with Gasteiger partial charge in [-0.25, -0.2) is 0 Å². The van der Waals surface area contributed by atoms with Crippen LogP contribution in [0.25, 0.3) is 0 Å². The van der Waals surface area contributed by atoms with Gasteiger partial charge in [0.2, 0.25) is 0 Å². The number of carbonyl (C=O) groups is 4. The van der Waals surface area contributed by atoms with Crippen molar-refractivity contribution >= 4 is 23.9 Å². The number of fused-ring (bicyclic) bond motifs is 1. The van der Waals surface area contributed by atoms with E-state index < -0.39 is 72.5 Å². The topological polar surface area (TPSA) is 155 Å². The van der Waals surface area contributed by atoms with E-state index in [9.17, 15) is 29.4 Å². The van der Waals surface area contributed by atoms with Crippen molar-refractivity contribution in [1.29, 1.82) is 0 Å². The molecule has 2 saturated heterocycles. The summed E-state index contributed by atoms with van der Waals surface area (Å²) in [6, 6.07) is 0. The van der Waals surface area contributed by atoms with Crippen LogP contribution in [0.5, 0.6) is 0 Å². The first-order valence-corrected chi connectivity index (χ1v) is 10.9. The smallest absolute Gasteiger partial charge is 0.305 e. The summed E-state index contributed by atoms with van der Waals surface area (Å²) in [6.07, 6.45) is -1.54. The zero-order valence-corrected chi connectivity index (χ0v) is 18.2. The van der Waals surface area contributed by atoms with Crippen LogP contribution in [-0.4, -0.2) is 77.0 Å². The van der Waals surface area contributed by atoms with Gasteiger partial charge < -0.3 is 33.9 Å². The second-order valence-electron chi connectivity index (χ2n) is 8.59. The Hall–Kier alpha value is -2.24. The molecule has 2 heterocycles. The van der Waals surface area contributed by atoms with Crippen molar-refractivity contribution in [3.05, 3.63) is 0 Å². The molecule has 2 aliphatic heterocycles. The first-order valence-electron chi connectivity index (χ1n) is 10.9. The molecule has 1 saturated carbocycles. The standard InChI is InChI=1S/C21H30O11/c1-11(22)28-10-15(29-12(2)23)19-20-18(31-21(32-20)6-4-3-5-7-21)13(8-16(24)25)14(30-19)9-17(26)27/h13-15,18-20H,3-10H2,1-2H3,(H,24,25)(H,26,27)/t13-,14+,15-,18-,19+,20-/m1/s1. The van der Waals surface area contributed by atoms with Gasteiger partial charge in [-0.05, 0) is 12.8 Å². The number of esters is 2. The Balaban J connectivity index is 1.95. The molecule has 6 atom stereocenters. The minimum Gasteiger partial charge on any atom is -0.481 e. The summed E-state index contributed by atoms with van der Waals surface area (Å²) in [5.74, 6) is -5.22. The van der Waals surface area contributed by atoms with Gasteiger partial charge in [-0.2, -0.15) is 0 Å². The lowest BCUT2D eigenvalue weighted by atomic mass is 9.82. The van der Waals surface area contributed by atoms with Gasteiger partial charge in [0.1, 0.15) is 18.8 Å². The third-order valence-electron chi connectivity index (χ3n) is 6.12. The zero-order valence-electron chi connectivity index (χ0n) is 18.2. The molecule has 3 fully saturated rings. The highest BCUT2D eigenvalue weighted by Crippen LogP contribution is 2.48. The lowest BCUT2D eigenvalue weighted by Gasteiger charge is -2.43. The number of aliphatic carboxylic acids is 2. The van der Waals surface area contributed by atoms with Crippen LogP contribution in [0.1, 0.15) is 58.8 Å². The summed E-state index contributed by atoms with van der Waals surface area (Å²) in [6.45, 7) is 2.08. The van der Waals surface area contributed by atoms with Crippen molar-refractivity contribution in [2.24, 2.45) is 5.92 Å². The monoisotopic (exact) mass is 458 g/mol. The maximum absolute atomic E-state index is 11.7. The van der Waals surface area contributed by atoms with Crippen LogP contribution in [0.4, 0.5) is 0 Å². The number of ether oxygens (including phenoxy) is 5. The average Bonchev–Trinajstić information content (AvgIpc) is 3.05. The fourth-order valence-corrected chi connectivity index (χ4v) is 4.89. The van der Waals surface area contributed by atoms with Crippen LogP contribution in [0.15, 0.2) is 0 Å². The van der Waals surface area contributed by atoms with Gasteiger partial charge in [0.25, 0.3) is 0 Å². The van der Waals surface area contributed by atoms with Crippen LogP contribution in [0, 0.1) is 5.92 Å². The molecule has 11 nitrogen and oxygen atoms in total. The quantitative estimate of drug-likeness (QED) is 0.505. The summed E-state index contributed by atoms with van der Waals surface area (Å²) in [5, 5.41) is 18.8. The molecule has 0 amide bonds. The Kier molecular flexibility index (Phi) is 7.73. The van der Waals surface area contributed by atoms with E-state index in [1.54, 1.807) is 0 Å². The number of hydrogen-bond acceptors (Lipinski definition) is 9. The molecule has 2 N–H and O–H groups in total. The van der Waals surface area contributed by atoms with Gasteiger partial charge in [0.15, 0.2) is 11.9 Å². The highest BCUT2D eigenvalue weighted by Gasteiger charge is 2.60. The van der Waals surface area contributed by atoms with Gasteiger partial charge >= 0.3 is 23.9 Å². The van der Waals surface area contributed by atoms with Crippen molar-refractivity contribution in [3.8, 4) is 0 Å². The molecule has 32 heavy (non-hydrogen) atoms. The van der Waals surface area contributed by atoms with E-state index in [-0.39, 0.29) is 13.0 Å². The fraction of sp³-hybridized carbons (Fsp3) is 0.810. The minimum atomic E-state index is -1.17. The Bertz CT molecular complexity index is 715. The predicted octanol–water partition coefficient (Wildman–Crippen LogP) is 1.26. The second-order valence-corrected chi connectivity index (χ2v) is 8.59. The Morgan fingerprint density at radius 1 is 0.938 bits per heavy atom. The van der Waals surface area contributed by atoms with Gasteiger partial charge in [0, 0.05) is 32.6 Å². The van der Waals surface area contributed by atoms with Crippen molar-refractivity contribution in [2.75, 3.05) is 6.61 Å². The Morgan fingerprint density at radius 3 is 2.12 bits per heavy atom. The number of carboxylic acid groups (broad SMARTS) is 2. The molecular formula is C21H30O11. The van der Waals surface area contributed by atoms with Gasteiger partial charge in [0.05, 0.1) is 25.0 Å². The molecule has 1 aliphatic carbocycles. The average molecular weight is 458 g/mol. The summed E-state index contributed by atoms with van der Waals surface area (Å²) in [7, 11) is 0. The third-order valence-corrected chi connectivity index (χ3v) is 6.12. The minimum absolute atomic E-state index is 0.317. The lowest BCUT2D eigenvalue weighted by Crippen LogP contribution is -2.59. The third kappa shape index (κ3) is 5.76. The van der Waals surface area contributed by atoms with Gasteiger partial charge in [-0.3, -0.25) is 19.2 Å². The largest absolute Gasteiger partial charge is 0.481 e. The van der Waals surface area contributed by atoms with E-state index in [2.05, 4.69) is 0 Å². The van der Waals surface area contributed by atoms with Crippen LogP contribution >= 0.6 is 0 Å². The maximum Gasteiger partial charge on any atom is 0.305 e. The molecule has 0 aromatic rings. The lowest BCUT2D eigenvalue weighted by molar-refractivity contribution is -0.221. The van der Waals surface area contributed by atoms with E-state index >= 15 is 0 Å². The maximum atomic E-state index is 11.7. The normalized spacial score (nSPS) is 32.0. The highest BCUT2D eigenvalue weighted by atomic mass is 16.8. The molecule has 3 aliphatic rings. The molecule has 11 heteroatoms. The van der Waals surface area contributed by atoms with Crippen LogP contribution in [0.3, 0.4) is 0 Å². The molecule has 3 rings (SSSR count). The van der Waals surface area contributed by atoms with Crippen LogP contribution in [0.2, 0.25) is 0 Å². The predicted molar refractivity (Wildman–Crippen MR) is 104 cm³/mol. The zero-order chi connectivity index (χ0) is 23.5. The van der Waals surface area contributed by atoms with Crippen molar-refractivity contribution in [1.82, 2.24) is 0 Å². The molecule has 0 unspecified atom stereocenters. The number of carbonyl (C=O) groups excluding carboxylic acids is 2. The van der Waals surface area contributed by atoms with Crippen molar-refractivity contribution in [2.45, 2.75) is 95.1 Å². The number of hydrogen-bond donors (Lipinski definition) is 2. The molecular weight excluding hydrogens is 428 g/mol. The molecule has 1 spiro atoms. The summed E-state index contributed by atoms with van der Waals surface area (Å²) in [5.41, 5.74) is 0. The van der Waals surface area contributed by atoms with Gasteiger partial charge in [-0.1, -0.05) is 6.42 Å². The summed E-state index contributed by atoms with van der Waals surface area (Å²) in [4.78, 5) is 46.2. The van der Waals surface area contributed by atoms with E-state index in [1.807, 2.05) is 0 Å². The van der Waals surface area contributed by atoms with E-state index in [0.717, 1.165) is 19.3 Å². The van der Waals surface area contributed by atoms with Crippen molar-refractivity contribution in [3.63, 3.8) is 0 Å². The van der Waals surface area contributed by atoms with Gasteiger partial charge in [-0.15, -0.1) is 0 Å². The molecule has 0 radical (unpaired) electrons.